The van der Waals surface area contributed by atoms with Crippen LogP contribution < -0.4 is 10.2 Å². The van der Waals surface area contributed by atoms with Gasteiger partial charge in [0, 0.05) is 24.0 Å². The average molecular weight is 363 g/mol. The second-order valence-electron chi connectivity index (χ2n) is 5.64. The Morgan fingerprint density at radius 3 is 2.64 bits per heavy atom. The van der Waals surface area contributed by atoms with E-state index in [9.17, 15) is 4.79 Å². The number of nitrogens with zero attached hydrogens (tertiary/aromatic N) is 1. The van der Waals surface area contributed by atoms with Crippen molar-refractivity contribution in [2.24, 2.45) is 0 Å². The molecule has 1 saturated heterocycles. The van der Waals surface area contributed by atoms with Gasteiger partial charge in [-0.15, -0.1) is 0 Å². The van der Waals surface area contributed by atoms with Crippen molar-refractivity contribution < 1.29 is 9.21 Å². The summed E-state index contributed by atoms with van der Waals surface area (Å²) in [6.07, 6.45) is 3.80. The highest BCUT2D eigenvalue weighted by molar-refractivity contribution is 9.10. The van der Waals surface area contributed by atoms with Crippen LogP contribution in [-0.2, 0) is 0 Å². The smallest absolute Gasteiger partial charge is 0.291 e. The van der Waals surface area contributed by atoms with Crippen LogP contribution in [0.4, 0.5) is 11.4 Å². The fourth-order valence-corrected chi connectivity index (χ4v) is 3.15. The largest absolute Gasteiger partial charge is 0.444 e. The van der Waals surface area contributed by atoms with E-state index >= 15 is 0 Å². The third-order valence-corrected chi connectivity index (χ3v) is 4.48. The lowest BCUT2D eigenvalue weighted by Crippen LogP contribution is -2.37. The number of carbonyl (C=O) groups is 1. The number of hydrogen-bond donors (Lipinski definition) is 1. The first kappa shape index (κ1) is 15.2. The minimum absolute atomic E-state index is 0.246. The molecule has 0 aliphatic carbocycles. The Bertz CT molecular complexity index is 651. The van der Waals surface area contributed by atoms with Gasteiger partial charge in [-0.05, 0) is 78.5 Å². The average Bonchev–Trinajstić information content (AvgIpc) is 2.95. The van der Waals surface area contributed by atoms with E-state index in [-0.39, 0.29) is 5.91 Å². The summed E-state index contributed by atoms with van der Waals surface area (Å²) in [5.74, 6) is 0.0467. The van der Waals surface area contributed by atoms with Gasteiger partial charge in [0.05, 0.1) is 0 Å². The summed E-state index contributed by atoms with van der Waals surface area (Å²) in [5.41, 5.74) is 1.98. The molecular formula is C17H19BrN2O2. The highest BCUT2D eigenvalue weighted by Crippen LogP contribution is 2.26. The summed E-state index contributed by atoms with van der Waals surface area (Å²) in [7, 11) is 0. The first-order chi connectivity index (χ1) is 10.6. The van der Waals surface area contributed by atoms with E-state index in [1.165, 1.54) is 24.9 Å². The van der Waals surface area contributed by atoms with Crippen molar-refractivity contribution in [1.29, 1.82) is 0 Å². The van der Waals surface area contributed by atoms with Crippen LogP contribution in [0.2, 0.25) is 0 Å². The third-order valence-electron chi connectivity index (χ3n) is 4.06. The number of piperidine rings is 1. The zero-order valence-electron chi connectivity index (χ0n) is 12.5. The van der Waals surface area contributed by atoms with E-state index in [2.05, 4.69) is 45.2 Å². The van der Waals surface area contributed by atoms with Crippen LogP contribution in [-0.4, -0.2) is 18.5 Å². The standard InChI is InChI=1S/C17H19BrN2O2/c1-12-4-2-3-11-20(12)14-7-5-13(6-8-14)19-17(21)15-9-10-16(18)22-15/h5-10,12H,2-4,11H2,1H3,(H,19,21)/t12-/m0/s1. The highest BCUT2D eigenvalue weighted by Gasteiger charge is 2.18. The van der Waals surface area contributed by atoms with E-state index in [1.54, 1.807) is 12.1 Å². The lowest BCUT2D eigenvalue weighted by Gasteiger charge is -2.35. The molecule has 0 unspecified atom stereocenters. The third kappa shape index (κ3) is 3.35. The molecule has 116 valence electrons. The van der Waals surface area contributed by atoms with Crippen molar-refractivity contribution in [3.05, 3.63) is 46.8 Å². The monoisotopic (exact) mass is 362 g/mol. The van der Waals surface area contributed by atoms with E-state index < -0.39 is 0 Å². The fraction of sp³-hybridized carbons (Fsp3) is 0.353. The summed E-state index contributed by atoms with van der Waals surface area (Å²) in [6, 6.07) is 11.9. The van der Waals surface area contributed by atoms with Gasteiger partial charge in [-0.2, -0.15) is 0 Å². The SMILES string of the molecule is C[C@H]1CCCCN1c1ccc(NC(=O)c2ccc(Br)o2)cc1. The number of rotatable bonds is 3. The van der Waals surface area contributed by atoms with Crippen LogP contribution in [0.5, 0.6) is 0 Å². The summed E-state index contributed by atoms with van der Waals surface area (Å²) >= 11 is 3.19. The van der Waals surface area contributed by atoms with Gasteiger partial charge in [0.1, 0.15) is 0 Å². The van der Waals surface area contributed by atoms with Gasteiger partial charge < -0.3 is 14.6 Å². The van der Waals surface area contributed by atoms with Crippen LogP contribution in [0.1, 0.15) is 36.7 Å². The van der Waals surface area contributed by atoms with Crippen molar-refractivity contribution in [2.45, 2.75) is 32.2 Å². The molecule has 1 atom stereocenters. The Kier molecular flexibility index (Phi) is 4.52. The second-order valence-corrected chi connectivity index (χ2v) is 6.42. The first-order valence-electron chi connectivity index (χ1n) is 7.57. The molecule has 1 aliphatic heterocycles. The van der Waals surface area contributed by atoms with Gasteiger partial charge in [-0.1, -0.05) is 0 Å². The molecule has 1 N–H and O–H groups in total. The number of benzene rings is 1. The van der Waals surface area contributed by atoms with Gasteiger partial charge in [0.15, 0.2) is 10.4 Å². The Morgan fingerprint density at radius 2 is 2.00 bits per heavy atom. The molecule has 1 fully saturated rings. The van der Waals surface area contributed by atoms with Gasteiger partial charge in [0.2, 0.25) is 0 Å². The summed E-state index contributed by atoms with van der Waals surface area (Å²) in [6.45, 7) is 3.37. The number of anilines is 2. The molecule has 3 rings (SSSR count). The number of carbonyl (C=O) groups excluding carboxylic acids is 1. The molecule has 22 heavy (non-hydrogen) atoms. The van der Waals surface area contributed by atoms with Crippen molar-refractivity contribution in [2.75, 3.05) is 16.8 Å². The van der Waals surface area contributed by atoms with Crippen molar-refractivity contribution >= 4 is 33.2 Å². The molecule has 4 nitrogen and oxygen atoms in total. The van der Waals surface area contributed by atoms with Crippen LogP contribution in [0.3, 0.4) is 0 Å². The first-order valence-corrected chi connectivity index (χ1v) is 8.36. The number of hydrogen-bond acceptors (Lipinski definition) is 3. The second kappa shape index (κ2) is 6.57. The maximum Gasteiger partial charge on any atom is 0.291 e. The van der Waals surface area contributed by atoms with Crippen LogP contribution in [0.15, 0.2) is 45.5 Å². The summed E-state index contributed by atoms with van der Waals surface area (Å²) in [5, 5.41) is 2.84. The molecule has 1 amide bonds. The fourth-order valence-electron chi connectivity index (χ4n) is 2.85. The lowest BCUT2D eigenvalue weighted by molar-refractivity contribution is 0.0995. The number of nitrogens with one attached hydrogen (secondary N) is 1. The van der Waals surface area contributed by atoms with E-state index in [0.717, 1.165) is 12.2 Å². The zero-order chi connectivity index (χ0) is 15.5. The van der Waals surface area contributed by atoms with Gasteiger partial charge in [0.25, 0.3) is 5.91 Å². The molecule has 0 radical (unpaired) electrons. The normalized spacial score (nSPS) is 18.3. The Labute approximate surface area is 138 Å². The maximum absolute atomic E-state index is 12.0. The number of amides is 1. The minimum Gasteiger partial charge on any atom is -0.444 e. The topological polar surface area (TPSA) is 45.5 Å². The summed E-state index contributed by atoms with van der Waals surface area (Å²) in [4.78, 5) is 14.5. The number of furan rings is 1. The minimum atomic E-state index is -0.246. The molecule has 5 heteroatoms. The molecule has 0 bridgehead atoms. The Morgan fingerprint density at radius 1 is 1.23 bits per heavy atom. The van der Waals surface area contributed by atoms with Gasteiger partial charge in [-0.3, -0.25) is 4.79 Å². The molecule has 1 aromatic heterocycles. The van der Waals surface area contributed by atoms with Crippen LogP contribution in [0.25, 0.3) is 0 Å². The van der Waals surface area contributed by atoms with Crippen LogP contribution >= 0.6 is 15.9 Å². The molecule has 1 aromatic carbocycles. The predicted molar refractivity (Wildman–Crippen MR) is 91.5 cm³/mol. The van der Waals surface area contributed by atoms with E-state index in [1.807, 2.05) is 12.1 Å². The highest BCUT2D eigenvalue weighted by atomic mass is 79.9. The van der Waals surface area contributed by atoms with Gasteiger partial charge >= 0.3 is 0 Å². The maximum atomic E-state index is 12.0. The summed E-state index contributed by atoms with van der Waals surface area (Å²) < 4.78 is 5.80. The molecule has 2 aromatic rings. The Hall–Kier alpha value is -1.75. The zero-order valence-corrected chi connectivity index (χ0v) is 14.1. The van der Waals surface area contributed by atoms with Crippen LogP contribution in [0, 0.1) is 0 Å². The van der Waals surface area contributed by atoms with Crippen molar-refractivity contribution in [1.82, 2.24) is 0 Å². The van der Waals surface area contributed by atoms with E-state index in [4.69, 9.17) is 4.42 Å². The van der Waals surface area contributed by atoms with Crippen molar-refractivity contribution in [3.8, 4) is 0 Å². The molecule has 2 heterocycles. The molecular weight excluding hydrogens is 344 g/mol. The number of halogens is 1. The lowest BCUT2D eigenvalue weighted by atomic mass is 10.0. The Balaban J connectivity index is 1.67. The predicted octanol–water partition coefficient (Wildman–Crippen LogP) is 4.67. The van der Waals surface area contributed by atoms with E-state index in [0.29, 0.717) is 16.5 Å². The van der Waals surface area contributed by atoms with Crippen molar-refractivity contribution in [3.63, 3.8) is 0 Å². The molecule has 0 saturated carbocycles. The molecule has 0 spiro atoms. The molecule has 1 aliphatic rings. The van der Waals surface area contributed by atoms with Gasteiger partial charge in [-0.25, -0.2) is 0 Å². The quantitative estimate of drug-likeness (QED) is 0.862.